The average Bonchev–Trinajstić information content (AvgIpc) is 3.43. The van der Waals surface area contributed by atoms with Crippen LogP contribution in [0.25, 0.3) is 0 Å². The molecule has 0 heterocycles. The van der Waals surface area contributed by atoms with Gasteiger partial charge in [0.2, 0.25) is 21.8 Å². The minimum absolute atomic E-state index is 0.0113. The molecular weight excluding hydrogens is 588 g/mol. The maximum Gasteiger partial charge on any atom is 0.244 e. The summed E-state index contributed by atoms with van der Waals surface area (Å²) in [5.74, 6) is -1.83. The second kappa shape index (κ2) is 13.7. The van der Waals surface area contributed by atoms with Gasteiger partial charge >= 0.3 is 0 Å². The fourth-order valence-electron chi connectivity index (χ4n) is 5.00. The Morgan fingerprint density at radius 1 is 1.00 bits per heavy atom. The standard InChI is InChI=1S/C30H32Cl2FN3O4S/c1-41(39,40)36(27-14-8-7-13-26(27)33)20-29(37)35(19-22-15-16-23(31)18-25(22)32)28(17-21-9-3-2-4-10-21)30(38)34-24-11-5-6-12-24/h2-4,7-10,13-16,18,24,28H,5-6,11-12,17,19-20H2,1H3,(H,34,38). The third-order valence-electron chi connectivity index (χ3n) is 7.13. The van der Waals surface area contributed by atoms with Gasteiger partial charge in [0.05, 0.1) is 11.9 Å². The number of rotatable bonds is 11. The third-order valence-corrected chi connectivity index (χ3v) is 8.84. The topological polar surface area (TPSA) is 86.8 Å². The number of nitrogens with one attached hydrogen (secondary N) is 1. The van der Waals surface area contributed by atoms with Crippen molar-refractivity contribution in [2.75, 3.05) is 17.1 Å². The van der Waals surface area contributed by atoms with Crippen molar-refractivity contribution in [3.8, 4) is 0 Å². The molecule has 0 saturated heterocycles. The molecule has 0 aliphatic heterocycles. The maximum absolute atomic E-state index is 14.7. The Kier molecular flexibility index (Phi) is 10.3. The van der Waals surface area contributed by atoms with E-state index >= 15 is 0 Å². The summed E-state index contributed by atoms with van der Waals surface area (Å²) in [6.45, 7) is -0.813. The van der Waals surface area contributed by atoms with Crippen LogP contribution < -0.4 is 9.62 Å². The summed E-state index contributed by atoms with van der Waals surface area (Å²) in [5.41, 5.74) is 1.07. The van der Waals surface area contributed by atoms with E-state index in [1.54, 1.807) is 12.1 Å². The van der Waals surface area contributed by atoms with Crippen LogP contribution >= 0.6 is 23.2 Å². The molecule has 11 heteroatoms. The van der Waals surface area contributed by atoms with E-state index in [4.69, 9.17) is 23.2 Å². The highest BCUT2D eigenvalue weighted by atomic mass is 35.5. The number of amides is 2. The fraction of sp³-hybridized carbons (Fsp3) is 0.333. The van der Waals surface area contributed by atoms with Crippen molar-refractivity contribution >= 4 is 50.7 Å². The number of carbonyl (C=O) groups is 2. The highest BCUT2D eigenvalue weighted by molar-refractivity contribution is 7.92. The van der Waals surface area contributed by atoms with E-state index in [0.717, 1.165) is 47.9 Å². The third kappa shape index (κ3) is 8.21. The van der Waals surface area contributed by atoms with Gasteiger partial charge in [-0.05, 0) is 48.2 Å². The SMILES string of the molecule is CS(=O)(=O)N(CC(=O)N(Cc1ccc(Cl)cc1Cl)C(Cc1ccccc1)C(=O)NC1CCCC1)c1ccccc1F. The molecule has 1 fully saturated rings. The summed E-state index contributed by atoms with van der Waals surface area (Å²) < 4.78 is 41.0. The monoisotopic (exact) mass is 619 g/mol. The quantitative estimate of drug-likeness (QED) is 0.303. The van der Waals surface area contributed by atoms with E-state index in [1.807, 2.05) is 30.3 Å². The number of para-hydroxylation sites is 1. The van der Waals surface area contributed by atoms with Gasteiger partial charge < -0.3 is 10.2 Å². The van der Waals surface area contributed by atoms with Crippen LogP contribution in [0.1, 0.15) is 36.8 Å². The predicted molar refractivity (Wildman–Crippen MR) is 160 cm³/mol. The summed E-state index contributed by atoms with van der Waals surface area (Å²) in [5, 5.41) is 3.78. The lowest BCUT2D eigenvalue weighted by molar-refractivity contribution is -0.140. The van der Waals surface area contributed by atoms with Gasteiger partial charge in [0.1, 0.15) is 18.4 Å². The van der Waals surface area contributed by atoms with Gasteiger partial charge in [-0.25, -0.2) is 12.8 Å². The van der Waals surface area contributed by atoms with Gasteiger partial charge in [-0.3, -0.25) is 13.9 Å². The maximum atomic E-state index is 14.7. The first-order valence-corrected chi connectivity index (χ1v) is 15.9. The number of anilines is 1. The number of hydrogen-bond acceptors (Lipinski definition) is 4. The van der Waals surface area contributed by atoms with Crippen LogP contribution in [-0.4, -0.2) is 50.0 Å². The largest absolute Gasteiger partial charge is 0.352 e. The zero-order chi connectivity index (χ0) is 29.6. The first-order valence-electron chi connectivity index (χ1n) is 13.3. The fourth-order valence-corrected chi connectivity index (χ4v) is 6.32. The Morgan fingerprint density at radius 3 is 2.29 bits per heavy atom. The molecule has 3 aromatic rings. The Morgan fingerprint density at radius 2 is 1.66 bits per heavy atom. The minimum Gasteiger partial charge on any atom is -0.352 e. The number of hydrogen-bond donors (Lipinski definition) is 1. The minimum atomic E-state index is -4.08. The molecule has 1 aliphatic rings. The molecule has 0 spiro atoms. The Hall–Kier alpha value is -3.14. The first-order chi connectivity index (χ1) is 19.5. The van der Waals surface area contributed by atoms with Gasteiger partial charge in [0, 0.05) is 29.1 Å². The Balaban J connectivity index is 1.75. The lowest BCUT2D eigenvalue weighted by Crippen LogP contribution is -2.54. The van der Waals surface area contributed by atoms with Gasteiger partial charge in [-0.2, -0.15) is 0 Å². The number of nitrogens with zero attached hydrogens (tertiary/aromatic N) is 2. The highest BCUT2D eigenvalue weighted by Gasteiger charge is 2.35. The molecule has 218 valence electrons. The van der Waals surface area contributed by atoms with Crippen molar-refractivity contribution < 1.29 is 22.4 Å². The van der Waals surface area contributed by atoms with E-state index in [1.165, 1.54) is 29.2 Å². The molecular formula is C30H32Cl2FN3O4S. The van der Waals surface area contributed by atoms with E-state index in [9.17, 15) is 22.4 Å². The zero-order valence-corrected chi connectivity index (χ0v) is 24.9. The molecule has 0 radical (unpaired) electrons. The van der Waals surface area contributed by atoms with Crippen molar-refractivity contribution in [1.29, 1.82) is 0 Å². The lowest BCUT2D eigenvalue weighted by atomic mass is 10.0. The van der Waals surface area contributed by atoms with Crippen LogP contribution in [0.15, 0.2) is 72.8 Å². The molecule has 7 nitrogen and oxygen atoms in total. The van der Waals surface area contributed by atoms with Crippen LogP contribution in [-0.2, 0) is 32.6 Å². The van der Waals surface area contributed by atoms with Crippen LogP contribution in [0.5, 0.6) is 0 Å². The first kappa shape index (κ1) is 30.8. The van der Waals surface area contributed by atoms with E-state index < -0.39 is 34.3 Å². The molecule has 1 aliphatic carbocycles. The summed E-state index contributed by atoms with van der Waals surface area (Å²) >= 11 is 12.6. The van der Waals surface area contributed by atoms with E-state index in [0.29, 0.717) is 15.6 Å². The Bertz CT molecular complexity index is 1480. The van der Waals surface area contributed by atoms with Crippen molar-refractivity contribution in [1.82, 2.24) is 10.2 Å². The summed E-state index contributed by atoms with van der Waals surface area (Å²) in [6, 6.07) is 18.4. The molecule has 1 atom stereocenters. The molecule has 1 unspecified atom stereocenters. The average molecular weight is 621 g/mol. The van der Waals surface area contributed by atoms with Crippen LogP contribution in [0, 0.1) is 5.82 Å². The van der Waals surface area contributed by atoms with Gasteiger partial charge in [-0.15, -0.1) is 0 Å². The molecule has 4 rings (SSSR count). The molecule has 1 saturated carbocycles. The molecule has 41 heavy (non-hydrogen) atoms. The molecule has 0 aromatic heterocycles. The number of sulfonamides is 1. The smallest absolute Gasteiger partial charge is 0.244 e. The predicted octanol–water partition coefficient (Wildman–Crippen LogP) is 5.60. The Labute approximate surface area is 250 Å². The molecule has 2 amide bonds. The van der Waals surface area contributed by atoms with E-state index in [-0.39, 0.29) is 30.6 Å². The summed E-state index contributed by atoms with van der Waals surface area (Å²) in [4.78, 5) is 29.2. The summed E-state index contributed by atoms with van der Waals surface area (Å²) in [7, 11) is -4.08. The van der Waals surface area contributed by atoms with Crippen molar-refractivity contribution in [3.63, 3.8) is 0 Å². The van der Waals surface area contributed by atoms with Gasteiger partial charge in [0.25, 0.3) is 0 Å². The number of carbonyl (C=O) groups excluding carboxylic acids is 2. The normalized spacial score (nSPS) is 14.4. The van der Waals surface area contributed by atoms with Crippen molar-refractivity contribution in [2.24, 2.45) is 0 Å². The second-order valence-corrected chi connectivity index (χ2v) is 12.9. The van der Waals surface area contributed by atoms with Crippen LogP contribution in [0.3, 0.4) is 0 Å². The number of halogens is 3. The zero-order valence-electron chi connectivity index (χ0n) is 22.6. The highest BCUT2D eigenvalue weighted by Crippen LogP contribution is 2.26. The number of benzene rings is 3. The van der Waals surface area contributed by atoms with E-state index in [2.05, 4.69) is 5.32 Å². The molecule has 3 aromatic carbocycles. The molecule has 0 bridgehead atoms. The van der Waals surface area contributed by atoms with Crippen LogP contribution in [0.4, 0.5) is 10.1 Å². The van der Waals surface area contributed by atoms with Crippen LogP contribution in [0.2, 0.25) is 10.0 Å². The van der Waals surface area contributed by atoms with Gasteiger partial charge in [-0.1, -0.05) is 84.6 Å². The van der Waals surface area contributed by atoms with Gasteiger partial charge in [0.15, 0.2) is 0 Å². The lowest BCUT2D eigenvalue weighted by Gasteiger charge is -2.34. The second-order valence-electron chi connectivity index (χ2n) is 10.2. The summed E-state index contributed by atoms with van der Waals surface area (Å²) in [6.07, 6.45) is 4.77. The molecule has 1 N–H and O–H groups in total. The van der Waals surface area contributed by atoms with Crippen molar-refractivity contribution in [2.45, 2.75) is 50.7 Å². The van der Waals surface area contributed by atoms with Crippen molar-refractivity contribution in [3.05, 3.63) is 99.8 Å².